The Balaban J connectivity index is 2.76. The second-order valence-corrected chi connectivity index (χ2v) is 3.50. The van der Waals surface area contributed by atoms with Gasteiger partial charge in [-0.3, -0.25) is 4.79 Å². The van der Waals surface area contributed by atoms with E-state index in [1.807, 2.05) is 13.8 Å². The predicted octanol–water partition coefficient (Wildman–Crippen LogP) is 0.948. The fourth-order valence-electron chi connectivity index (χ4n) is 1.03. The standard InChI is InChI=1S/C10H15N3O3/c1-6(2)16-10-7(11)3-4-8(13-10)12-5-9(14)15/h3-4,6H,5,11H2,1-2H3,(H,12,13)(H,14,15). The van der Waals surface area contributed by atoms with Crippen LogP contribution in [-0.4, -0.2) is 28.7 Å². The van der Waals surface area contributed by atoms with E-state index in [-0.39, 0.29) is 12.6 Å². The molecule has 4 N–H and O–H groups in total. The van der Waals surface area contributed by atoms with Crippen molar-refractivity contribution >= 4 is 17.5 Å². The summed E-state index contributed by atoms with van der Waals surface area (Å²) in [4.78, 5) is 14.4. The molecule has 16 heavy (non-hydrogen) atoms. The third-order valence-corrected chi connectivity index (χ3v) is 1.66. The maximum Gasteiger partial charge on any atom is 0.322 e. The molecule has 1 rings (SSSR count). The maximum atomic E-state index is 10.4. The van der Waals surface area contributed by atoms with Crippen LogP contribution in [0.4, 0.5) is 11.5 Å². The van der Waals surface area contributed by atoms with Crippen LogP contribution in [-0.2, 0) is 4.79 Å². The van der Waals surface area contributed by atoms with Gasteiger partial charge in [-0.1, -0.05) is 0 Å². The first-order chi connectivity index (χ1) is 7.49. The molecule has 0 bridgehead atoms. The molecule has 0 saturated heterocycles. The van der Waals surface area contributed by atoms with Crippen molar-refractivity contribution in [3.05, 3.63) is 12.1 Å². The zero-order valence-corrected chi connectivity index (χ0v) is 9.23. The maximum absolute atomic E-state index is 10.4. The largest absolute Gasteiger partial charge is 0.480 e. The predicted molar refractivity (Wildman–Crippen MR) is 60.5 cm³/mol. The number of carboxylic acid groups (broad SMARTS) is 1. The van der Waals surface area contributed by atoms with Gasteiger partial charge in [-0.2, -0.15) is 4.98 Å². The molecule has 0 aliphatic heterocycles. The first-order valence-electron chi connectivity index (χ1n) is 4.88. The van der Waals surface area contributed by atoms with Crippen molar-refractivity contribution in [3.63, 3.8) is 0 Å². The van der Waals surface area contributed by atoms with Crippen LogP contribution in [0.1, 0.15) is 13.8 Å². The average molecular weight is 225 g/mol. The molecule has 0 saturated carbocycles. The summed E-state index contributed by atoms with van der Waals surface area (Å²) in [5.41, 5.74) is 6.09. The van der Waals surface area contributed by atoms with Crippen LogP contribution < -0.4 is 15.8 Å². The average Bonchev–Trinajstić information content (AvgIpc) is 2.18. The van der Waals surface area contributed by atoms with E-state index in [1.165, 1.54) is 0 Å². The van der Waals surface area contributed by atoms with Gasteiger partial charge < -0.3 is 20.9 Å². The molecule has 0 fully saturated rings. The molecule has 0 radical (unpaired) electrons. The molecule has 6 nitrogen and oxygen atoms in total. The van der Waals surface area contributed by atoms with Gasteiger partial charge in [0.15, 0.2) is 0 Å². The molecule has 0 aliphatic carbocycles. The van der Waals surface area contributed by atoms with Crippen LogP contribution >= 0.6 is 0 Å². The van der Waals surface area contributed by atoms with E-state index in [4.69, 9.17) is 15.6 Å². The molecule has 1 aromatic heterocycles. The van der Waals surface area contributed by atoms with Crippen LogP contribution in [0, 0.1) is 0 Å². The van der Waals surface area contributed by atoms with Gasteiger partial charge >= 0.3 is 5.97 Å². The Kier molecular flexibility index (Phi) is 3.93. The summed E-state index contributed by atoms with van der Waals surface area (Å²) < 4.78 is 5.37. The highest BCUT2D eigenvalue weighted by atomic mass is 16.5. The Labute approximate surface area is 93.4 Å². The Bertz CT molecular complexity index is 380. The number of pyridine rings is 1. The summed E-state index contributed by atoms with van der Waals surface area (Å²) in [5, 5.41) is 11.1. The summed E-state index contributed by atoms with van der Waals surface area (Å²) in [6.07, 6.45) is -0.0375. The minimum absolute atomic E-state index is 0.0375. The molecule has 1 aromatic rings. The minimum Gasteiger partial charge on any atom is -0.480 e. The zero-order chi connectivity index (χ0) is 12.1. The summed E-state index contributed by atoms with van der Waals surface area (Å²) in [7, 11) is 0. The number of nitrogens with two attached hydrogens (primary N) is 1. The molecule has 6 heteroatoms. The van der Waals surface area contributed by atoms with Crippen molar-refractivity contribution < 1.29 is 14.6 Å². The summed E-state index contributed by atoms with van der Waals surface area (Å²) in [6, 6.07) is 3.22. The van der Waals surface area contributed by atoms with Gasteiger partial charge in [0.05, 0.1) is 11.8 Å². The number of hydrogen-bond donors (Lipinski definition) is 3. The smallest absolute Gasteiger partial charge is 0.322 e. The van der Waals surface area contributed by atoms with Gasteiger partial charge in [0.2, 0.25) is 5.88 Å². The molecular formula is C10H15N3O3. The van der Waals surface area contributed by atoms with Crippen molar-refractivity contribution in [2.75, 3.05) is 17.6 Å². The monoisotopic (exact) mass is 225 g/mol. The summed E-state index contributed by atoms with van der Waals surface area (Å²) >= 11 is 0. The molecule has 0 aliphatic rings. The van der Waals surface area contributed by atoms with Gasteiger partial charge in [0.25, 0.3) is 0 Å². The lowest BCUT2D eigenvalue weighted by Gasteiger charge is -2.12. The van der Waals surface area contributed by atoms with E-state index in [0.717, 1.165) is 0 Å². The summed E-state index contributed by atoms with van der Waals surface area (Å²) in [6.45, 7) is 3.52. The number of carbonyl (C=O) groups is 1. The van der Waals surface area contributed by atoms with Gasteiger partial charge in [0, 0.05) is 0 Å². The fraction of sp³-hybridized carbons (Fsp3) is 0.400. The minimum atomic E-state index is -0.954. The van der Waals surface area contributed by atoms with Crippen LogP contribution in [0.25, 0.3) is 0 Å². The van der Waals surface area contributed by atoms with Crippen molar-refractivity contribution in [1.82, 2.24) is 4.98 Å². The number of nitrogen functional groups attached to an aromatic ring is 1. The Morgan fingerprint density at radius 3 is 2.88 bits per heavy atom. The Morgan fingerprint density at radius 1 is 1.62 bits per heavy atom. The van der Waals surface area contributed by atoms with E-state index in [0.29, 0.717) is 17.4 Å². The molecule has 0 unspecified atom stereocenters. The number of aromatic nitrogens is 1. The normalized spacial score (nSPS) is 10.2. The molecule has 88 valence electrons. The van der Waals surface area contributed by atoms with E-state index in [9.17, 15) is 4.79 Å². The van der Waals surface area contributed by atoms with E-state index >= 15 is 0 Å². The highest BCUT2D eigenvalue weighted by Gasteiger charge is 2.06. The van der Waals surface area contributed by atoms with Gasteiger partial charge in [-0.05, 0) is 26.0 Å². The third-order valence-electron chi connectivity index (χ3n) is 1.66. The number of aliphatic carboxylic acids is 1. The van der Waals surface area contributed by atoms with E-state index in [1.54, 1.807) is 12.1 Å². The molecule has 0 spiro atoms. The second kappa shape index (κ2) is 5.20. The Hall–Kier alpha value is -1.98. The van der Waals surface area contributed by atoms with Crippen molar-refractivity contribution in [2.45, 2.75) is 20.0 Å². The summed E-state index contributed by atoms with van der Waals surface area (Å²) in [5.74, 6) is -0.220. The molecule has 0 amide bonds. The lowest BCUT2D eigenvalue weighted by Crippen LogP contribution is -2.14. The van der Waals surface area contributed by atoms with Crippen LogP contribution in [0.3, 0.4) is 0 Å². The van der Waals surface area contributed by atoms with E-state index < -0.39 is 5.97 Å². The van der Waals surface area contributed by atoms with Gasteiger partial charge in [-0.15, -0.1) is 0 Å². The topological polar surface area (TPSA) is 97.5 Å². The molecule has 0 aromatic carbocycles. The second-order valence-electron chi connectivity index (χ2n) is 3.50. The number of carboxylic acids is 1. The number of nitrogens with zero attached hydrogens (tertiary/aromatic N) is 1. The quantitative estimate of drug-likeness (QED) is 0.690. The van der Waals surface area contributed by atoms with Crippen molar-refractivity contribution in [3.8, 4) is 5.88 Å². The fourth-order valence-corrected chi connectivity index (χ4v) is 1.03. The van der Waals surface area contributed by atoms with Crippen molar-refractivity contribution in [1.29, 1.82) is 0 Å². The number of nitrogens with one attached hydrogen (secondary N) is 1. The first-order valence-corrected chi connectivity index (χ1v) is 4.88. The SMILES string of the molecule is CC(C)Oc1nc(NCC(=O)O)ccc1N. The molecular weight excluding hydrogens is 210 g/mol. The van der Waals surface area contributed by atoms with Gasteiger partial charge in [0.1, 0.15) is 12.4 Å². The lowest BCUT2D eigenvalue weighted by atomic mass is 10.4. The lowest BCUT2D eigenvalue weighted by molar-refractivity contribution is -0.134. The van der Waals surface area contributed by atoms with E-state index in [2.05, 4.69) is 10.3 Å². The number of rotatable bonds is 5. The molecule has 0 atom stereocenters. The van der Waals surface area contributed by atoms with Crippen LogP contribution in [0.15, 0.2) is 12.1 Å². The van der Waals surface area contributed by atoms with Crippen LogP contribution in [0.2, 0.25) is 0 Å². The van der Waals surface area contributed by atoms with Gasteiger partial charge in [-0.25, -0.2) is 0 Å². The number of anilines is 2. The third kappa shape index (κ3) is 3.64. The Morgan fingerprint density at radius 2 is 2.31 bits per heavy atom. The molecule has 1 heterocycles. The number of hydrogen-bond acceptors (Lipinski definition) is 5. The number of ether oxygens (including phenoxy) is 1. The zero-order valence-electron chi connectivity index (χ0n) is 9.23. The van der Waals surface area contributed by atoms with Crippen LogP contribution in [0.5, 0.6) is 5.88 Å². The van der Waals surface area contributed by atoms with Crippen molar-refractivity contribution in [2.24, 2.45) is 0 Å². The highest BCUT2D eigenvalue weighted by molar-refractivity contribution is 5.72. The highest BCUT2D eigenvalue weighted by Crippen LogP contribution is 2.21. The first kappa shape index (κ1) is 12.1.